The molecule has 1 fully saturated rings. The van der Waals surface area contributed by atoms with Crippen molar-refractivity contribution in [2.24, 2.45) is 0 Å². The van der Waals surface area contributed by atoms with Gasteiger partial charge in [0.1, 0.15) is 6.61 Å². The zero-order valence-corrected chi connectivity index (χ0v) is 13.4. The van der Waals surface area contributed by atoms with Crippen LogP contribution in [0.25, 0.3) is 0 Å². The van der Waals surface area contributed by atoms with E-state index in [1.54, 1.807) is 12.1 Å². The molecule has 0 saturated carbocycles. The molecule has 112 valence electrons. The summed E-state index contributed by atoms with van der Waals surface area (Å²) in [5.41, 5.74) is 0. The monoisotopic (exact) mass is 316 g/mol. The fourth-order valence-corrected chi connectivity index (χ4v) is 3.21. The molecule has 0 aromatic heterocycles. The maximum atomic E-state index is 6.10. The summed E-state index contributed by atoms with van der Waals surface area (Å²) >= 11 is 12.2. The lowest BCUT2D eigenvalue weighted by atomic mass is 10.0. The number of rotatable bonds is 6. The van der Waals surface area contributed by atoms with E-state index in [0.717, 1.165) is 19.6 Å². The number of hydrogen-bond acceptors (Lipinski definition) is 3. The molecule has 0 amide bonds. The van der Waals surface area contributed by atoms with Gasteiger partial charge < -0.3 is 10.1 Å². The first kappa shape index (κ1) is 15.9. The Morgan fingerprint density at radius 2 is 2.05 bits per heavy atom. The molecule has 1 heterocycles. The Morgan fingerprint density at radius 1 is 1.30 bits per heavy atom. The minimum Gasteiger partial charge on any atom is -0.489 e. The van der Waals surface area contributed by atoms with Crippen LogP contribution in [0.15, 0.2) is 18.2 Å². The number of likely N-dealkylation sites (N-methyl/N-ethyl adjacent to an activating group) is 1. The highest BCUT2D eigenvalue weighted by molar-refractivity contribution is 6.37. The molecule has 1 aliphatic heterocycles. The second-order valence-electron chi connectivity index (χ2n) is 5.14. The van der Waals surface area contributed by atoms with Gasteiger partial charge >= 0.3 is 0 Å². The Hall–Kier alpha value is -0.480. The molecule has 1 aromatic carbocycles. The second-order valence-corrected chi connectivity index (χ2v) is 5.96. The molecule has 0 bridgehead atoms. The van der Waals surface area contributed by atoms with Crippen molar-refractivity contribution in [1.29, 1.82) is 0 Å². The highest BCUT2D eigenvalue weighted by Gasteiger charge is 2.21. The molecule has 2 rings (SSSR count). The number of ether oxygens (including phenoxy) is 1. The van der Waals surface area contributed by atoms with E-state index in [2.05, 4.69) is 10.2 Å². The highest BCUT2D eigenvalue weighted by Crippen LogP contribution is 2.32. The molecule has 1 unspecified atom stereocenters. The molecule has 1 atom stereocenters. The van der Waals surface area contributed by atoms with Crippen molar-refractivity contribution in [3.8, 4) is 5.75 Å². The first-order valence-electron chi connectivity index (χ1n) is 7.18. The molecule has 20 heavy (non-hydrogen) atoms. The smallest absolute Gasteiger partial charge is 0.156 e. The average molecular weight is 317 g/mol. The molecule has 0 radical (unpaired) electrons. The number of benzene rings is 1. The number of nitrogens with one attached hydrogen (secondary N) is 1. The molecule has 1 saturated heterocycles. The van der Waals surface area contributed by atoms with Crippen molar-refractivity contribution in [1.82, 2.24) is 10.2 Å². The van der Waals surface area contributed by atoms with Crippen molar-refractivity contribution in [2.45, 2.75) is 25.3 Å². The van der Waals surface area contributed by atoms with Crippen molar-refractivity contribution < 1.29 is 4.74 Å². The van der Waals surface area contributed by atoms with Gasteiger partial charge in [-0.3, -0.25) is 4.90 Å². The fraction of sp³-hybridized carbons (Fsp3) is 0.600. The standard InChI is InChI=1S/C15H22Cl2N2O/c1-18-11-12-5-2-3-8-19(12)9-10-20-15-13(16)6-4-7-14(15)17/h4,6-7,12,18H,2-3,5,8-11H2,1H3. The molecular formula is C15H22Cl2N2O. The minimum atomic E-state index is 0.572. The predicted octanol–water partition coefficient (Wildman–Crippen LogP) is 3.45. The van der Waals surface area contributed by atoms with Crippen LogP contribution in [-0.2, 0) is 0 Å². The van der Waals surface area contributed by atoms with E-state index in [9.17, 15) is 0 Å². The minimum absolute atomic E-state index is 0.572. The molecular weight excluding hydrogens is 295 g/mol. The summed E-state index contributed by atoms with van der Waals surface area (Å²) in [7, 11) is 2.01. The first-order valence-corrected chi connectivity index (χ1v) is 7.93. The van der Waals surface area contributed by atoms with Crippen LogP contribution in [0, 0.1) is 0 Å². The molecule has 1 aromatic rings. The van der Waals surface area contributed by atoms with E-state index in [1.807, 2.05) is 13.1 Å². The van der Waals surface area contributed by atoms with Gasteiger partial charge in [-0.15, -0.1) is 0 Å². The Balaban J connectivity index is 1.85. The van der Waals surface area contributed by atoms with Crippen LogP contribution in [0.4, 0.5) is 0 Å². The Labute approximate surface area is 131 Å². The fourth-order valence-electron chi connectivity index (χ4n) is 2.71. The zero-order chi connectivity index (χ0) is 14.4. The van der Waals surface area contributed by atoms with Crippen LogP contribution in [0.1, 0.15) is 19.3 Å². The van der Waals surface area contributed by atoms with E-state index >= 15 is 0 Å². The van der Waals surface area contributed by atoms with Gasteiger partial charge in [0, 0.05) is 19.1 Å². The topological polar surface area (TPSA) is 24.5 Å². The van der Waals surface area contributed by atoms with Crippen LogP contribution >= 0.6 is 23.2 Å². The van der Waals surface area contributed by atoms with Gasteiger partial charge in [-0.05, 0) is 38.6 Å². The Morgan fingerprint density at radius 3 is 2.75 bits per heavy atom. The van der Waals surface area contributed by atoms with E-state index in [4.69, 9.17) is 27.9 Å². The predicted molar refractivity (Wildman–Crippen MR) is 85.1 cm³/mol. The van der Waals surface area contributed by atoms with E-state index in [0.29, 0.717) is 28.4 Å². The normalized spacial score (nSPS) is 20.1. The van der Waals surface area contributed by atoms with Crippen molar-refractivity contribution in [3.63, 3.8) is 0 Å². The summed E-state index contributed by atoms with van der Waals surface area (Å²) < 4.78 is 5.77. The number of hydrogen-bond donors (Lipinski definition) is 1. The molecule has 1 aliphatic rings. The van der Waals surface area contributed by atoms with Crippen LogP contribution in [0.5, 0.6) is 5.75 Å². The van der Waals surface area contributed by atoms with Crippen LogP contribution in [0.2, 0.25) is 10.0 Å². The maximum absolute atomic E-state index is 6.10. The van der Waals surface area contributed by atoms with Crippen molar-refractivity contribution >= 4 is 23.2 Å². The van der Waals surface area contributed by atoms with Crippen LogP contribution < -0.4 is 10.1 Å². The number of nitrogens with zero attached hydrogens (tertiary/aromatic N) is 1. The van der Waals surface area contributed by atoms with Crippen LogP contribution in [-0.4, -0.2) is 44.2 Å². The number of halogens is 2. The summed E-state index contributed by atoms with van der Waals surface area (Å²) in [5.74, 6) is 0.595. The van der Waals surface area contributed by atoms with Crippen molar-refractivity contribution in [3.05, 3.63) is 28.2 Å². The lowest BCUT2D eigenvalue weighted by Gasteiger charge is -2.35. The number of para-hydroxylation sites is 1. The SMILES string of the molecule is CNCC1CCCCN1CCOc1c(Cl)cccc1Cl. The Bertz CT molecular complexity index is 406. The van der Waals surface area contributed by atoms with E-state index < -0.39 is 0 Å². The number of likely N-dealkylation sites (tertiary alicyclic amines) is 1. The third-order valence-corrected chi connectivity index (χ3v) is 4.33. The van der Waals surface area contributed by atoms with E-state index in [1.165, 1.54) is 19.3 Å². The summed E-state index contributed by atoms with van der Waals surface area (Å²) in [4.78, 5) is 2.49. The van der Waals surface area contributed by atoms with Gasteiger partial charge in [0.15, 0.2) is 5.75 Å². The van der Waals surface area contributed by atoms with Gasteiger partial charge in [0.05, 0.1) is 10.0 Å². The van der Waals surface area contributed by atoms with Gasteiger partial charge in [-0.25, -0.2) is 0 Å². The van der Waals surface area contributed by atoms with E-state index in [-0.39, 0.29) is 0 Å². The summed E-state index contributed by atoms with van der Waals surface area (Å²) in [6.07, 6.45) is 3.85. The van der Waals surface area contributed by atoms with Gasteiger partial charge in [0.2, 0.25) is 0 Å². The number of piperidine rings is 1. The van der Waals surface area contributed by atoms with Crippen molar-refractivity contribution in [2.75, 3.05) is 33.3 Å². The lowest BCUT2D eigenvalue weighted by molar-refractivity contribution is 0.123. The second kappa shape index (κ2) is 8.08. The molecule has 0 spiro atoms. The molecule has 5 heteroatoms. The quantitative estimate of drug-likeness (QED) is 0.870. The zero-order valence-electron chi connectivity index (χ0n) is 11.9. The highest BCUT2D eigenvalue weighted by atomic mass is 35.5. The Kier molecular flexibility index (Phi) is 6.43. The summed E-state index contributed by atoms with van der Waals surface area (Å²) in [6.45, 7) is 3.70. The van der Waals surface area contributed by atoms with Crippen LogP contribution in [0.3, 0.4) is 0 Å². The molecule has 1 N–H and O–H groups in total. The first-order chi connectivity index (χ1) is 9.72. The summed E-state index contributed by atoms with van der Waals surface area (Å²) in [6, 6.07) is 6.03. The van der Waals surface area contributed by atoms with Gasteiger partial charge in [0.25, 0.3) is 0 Å². The molecule has 0 aliphatic carbocycles. The largest absolute Gasteiger partial charge is 0.489 e. The summed E-state index contributed by atoms with van der Waals surface area (Å²) in [5, 5.41) is 4.41. The van der Waals surface area contributed by atoms with Gasteiger partial charge in [-0.1, -0.05) is 35.7 Å². The third kappa shape index (κ3) is 4.26. The lowest BCUT2D eigenvalue weighted by Crippen LogP contribution is -2.46. The third-order valence-electron chi connectivity index (χ3n) is 3.73. The average Bonchev–Trinajstić information content (AvgIpc) is 2.44. The maximum Gasteiger partial charge on any atom is 0.156 e. The molecule has 3 nitrogen and oxygen atoms in total. The van der Waals surface area contributed by atoms with Gasteiger partial charge in [-0.2, -0.15) is 0 Å².